The van der Waals surface area contributed by atoms with Gasteiger partial charge in [-0.2, -0.15) is 0 Å². The molecule has 9 heavy (non-hydrogen) atoms. The Labute approximate surface area is 79.8 Å². The van der Waals surface area contributed by atoms with Crippen molar-refractivity contribution in [3.05, 3.63) is 21.1 Å². The second-order valence-electron chi connectivity index (χ2n) is 1.86. The average Bonchev–Trinajstić information content (AvgIpc) is 1.59. The molecule has 0 amide bonds. The fourth-order valence-electron chi connectivity index (χ4n) is 0.675. The Morgan fingerprint density at radius 2 is 2.11 bits per heavy atom. The van der Waals surface area contributed by atoms with Crippen molar-refractivity contribution in [2.75, 3.05) is 0 Å². The SMILES string of the molecule is BrC1=C[C@@H](Br)CC(Br)=C1. The number of hydrogen-bond acceptors (Lipinski definition) is 0. The molecular formula is C6H5Br3. The molecule has 3 heteroatoms. The summed E-state index contributed by atoms with van der Waals surface area (Å²) in [5, 5.41) is 0. The van der Waals surface area contributed by atoms with E-state index in [4.69, 9.17) is 0 Å². The Morgan fingerprint density at radius 1 is 1.44 bits per heavy atom. The van der Waals surface area contributed by atoms with Gasteiger partial charge in [-0.05, 0) is 17.0 Å². The minimum atomic E-state index is 0.478. The molecule has 0 spiro atoms. The van der Waals surface area contributed by atoms with Crippen molar-refractivity contribution in [3.63, 3.8) is 0 Å². The smallest absolute Gasteiger partial charge is 0.0384 e. The van der Waals surface area contributed by atoms with Crippen LogP contribution in [-0.4, -0.2) is 4.83 Å². The van der Waals surface area contributed by atoms with Crippen LogP contribution in [0.4, 0.5) is 0 Å². The fraction of sp³-hybridized carbons (Fsp3) is 0.333. The van der Waals surface area contributed by atoms with Gasteiger partial charge in [0.05, 0.1) is 0 Å². The Balaban J connectivity index is 2.74. The third-order valence-electron chi connectivity index (χ3n) is 1.02. The predicted molar refractivity (Wildman–Crippen MR) is 51.4 cm³/mol. The fourth-order valence-corrected chi connectivity index (χ4v) is 3.60. The molecule has 1 aliphatic rings. The van der Waals surface area contributed by atoms with Crippen LogP contribution in [0.25, 0.3) is 0 Å². The molecular weight excluding hydrogens is 312 g/mol. The first-order chi connectivity index (χ1) is 4.18. The summed E-state index contributed by atoms with van der Waals surface area (Å²) >= 11 is 10.3. The van der Waals surface area contributed by atoms with Gasteiger partial charge in [0, 0.05) is 9.31 Å². The van der Waals surface area contributed by atoms with Gasteiger partial charge in [-0.3, -0.25) is 0 Å². The summed E-state index contributed by atoms with van der Waals surface area (Å²) in [6.07, 6.45) is 5.25. The standard InChI is InChI=1S/C6H5Br3/c7-4-1-5(8)3-6(9)2-4/h1-2,5H,3H2/t5-/m1/s1. The van der Waals surface area contributed by atoms with Gasteiger partial charge >= 0.3 is 0 Å². The number of halogens is 3. The largest absolute Gasteiger partial charge is 0.0841 e. The van der Waals surface area contributed by atoms with Gasteiger partial charge in [0.25, 0.3) is 0 Å². The van der Waals surface area contributed by atoms with E-state index in [1.54, 1.807) is 0 Å². The summed E-state index contributed by atoms with van der Waals surface area (Å²) in [5.74, 6) is 0. The van der Waals surface area contributed by atoms with E-state index in [0.29, 0.717) is 4.83 Å². The number of allylic oxidation sites excluding steroid dienone is 4. The van der Waals surface area contributed by atoms with Gasteiger partial charge in [0.1, 0.15) is 0 Å². The van der Waals surface area contributed by atoms with Crippen LogP contribution in [0, 0.1) is 0 Å². The molecule has 1 aliphatic carbocycles. The van der Waals surface area contributed by atoms with Crippen LogP contribution < -0.4 is 0 Å². The molecule has 0 radical (unpaired) electrons. The highest BCUT2D eigenvalue weighted by molar-refractivity contribution is 9.12. The summed E-state index contributed by atoms with van der Waals surface area (Å²) in [6, 6.07) is 0. The highest BCUT2D eigenvalue weighted by atomic mass is 79.9. The molecule has 1 atom stereocenters. The average molecular weight is 317 g/mol. The lowest BCUT2D eigenvalue weighted by atomic mass is 10.2. The number of hydrogen-bond donors (Lipinski definition) is 0. The molecule has 0 aromatic rings. The van der Waals surface area contributed by atoms with Crippen molar-refractivity contribution in [2.45, 2.75) is 11.2 Å². The lowest BCUT2D eigenvalue weighted by Gasteiger charge is -2.09. The normalized spacial score (nSPS) is 27.2. The van der Waals surface area contributed by atoms with E-state index in [1.165, 1.54) is 4.48 Å². The van der Waals surface area contributed by atoms with E-state index in [0.717, 1.165) is 10.9 Å². The van der Waals surface area contributed by atoms with Crippen LogP contribution in [0.5, 0.6) is 0 Å². The molecule has 0 saturated carbocycles. The molecule has 0 saturated heterocycles. The molecule has 0 aromatic heterocycles. The minimum absolute atomic E-state index is 0.478. The lowest BCUT2D eigenvalue weighted by molar-refractivity contribution is 1.06. The molecule has 0 unspecified atom stereocenters. The summed E-state index contributed by atoms with van der Waals surface area (Å²) in [5.41, 5.74) is 0. The van der Waals surface area contributed by atoms with E-state index in [2.05, 4.69) is 59.9 Å². The highest BCUT2D eigenvalue weighted by Crippen LogP contribution is 2.28. The zero-order valence-electron chi connectivity index (χ0n) is 4.57. The molecule has 0 N–H and O–H groups in total. The monoisotopic (exact) mass is 314 g/mol. The Bertz CT molecular complexity index is 169. The number of rotatable bonds is 0. The molecule has 0 aliphatic heterocycles. The van der Waals surface area contributed by atoms with Crippen LogP contribution in [-0.2, 0) is 0 Å². The van der Waals surface area contributed by atoms with Crippen LogP contribution >= 0.6 is 47.8 Å². The maximum absolute atomic E-state index is 3.49. The van der Waals surface area contributed by atoms with E-state index < -0.39 is 0 Å². The second kappa shape index (κ2) is 3.35. The van der Waals surface area contributed by atoms with Gasteiger partial charge in [-0.1, -0.05) is 53.9 Å². The van der Waals surface area contributed by atoms with Crippen molar-refractivity contribution < 1.29 is 0 Å². The second-order valence-corrected chi connectivity index (χ2v) is 4.97. The van der Waals surface area contributed by atoms with E-state index in [9.17, 15) is 0 Å². The molecule has 0 bridgehead atoms. The predicted octanol–water partition coefficient (Wildman–Crippen LogP) is 3.71. The molecule has 0 fully saturated rings. The Morgan fingerprint density at radius 3 is 2.56 bits per heavy atom. The molecule has 0 heterocycles. The molecule has 0 nitrogen and oxygen atoms in total. The first kappa shape index (κ1) is 8.02. The van der Waals surface area contributed by atoms with Crippen LogP contribution in [0.1, 0.15) is 6.42 Å². The van der Waals surface area contributed by atoms with Crippen molar-refractivity contribution in [1.82, 2.24) is 0 Å². The third-order valence-corrected chi connectivity index (χ3v) is 2.66. The summed E-state index contributed by atoms with van der Waals surface area (Å²) in [7, 11) is 0. The van der Waals surface area contributed by atoms with E-state index in [-0.39, 0.29) is 0 Å². The van der Waals surface area contributed by atoms with Crippen LogP contribution in [0.3, 0.4) is 0 Å². The zero-order chi connectivity index (χ0) is 6.85. The first-order valence-electron chi connectivity index (χ1n) is 2.56. The Hall–Kier alpha value is 0.920. The molecule has 0 aromatic carbocycles. The lowest BCUT2D eigenvalue weighted by Crippen LogP contribution is -1.96. The highest BCUT2D eigenvalue weighted by Gasteiger charge is 2.08. The van der Waals surface area contributed by atoms with Gasteiger partial charge in [0.15, 0.2) is 0 Å². The molecule has 50 valence electrons. The minimum Gasteiger partial charge on any atom is -0.0841 e. The topological polar surface area (TPSA) is 0 Å². The summed E-state index contributed by atoms with van der Waals surface area (Å²) in [4.78, 5) is 0.478. The summed E-state index contributed by atoms with van der Waals surface area (Å²) < 4.78 is 2.38. The first-order valence-corrected chi connectivity index (χ1v) is 5.06. The third kappa shape index (κ3) is 2.56. The van der Waals surface area contributed by atoms with Crippen molar-refractivity contribution in [2.24, 2.45) is 0 Å². The van der Waals surface area contributed by atoms with Crippen molar-refractivity contribution in [1.29, 1.82) is 0 Å². The van der Waals surface area contributed by atoms with Crippen molar-refractivity contribution >= 4 is 47.8 Å². The van der Waals surface area contributed by atoms with Gasteiger partial charge in [0.2, 0.25) is 0 Å². The van der Waals surface area contributed by atoms with Gasteiger partial charge < -0.3 is 0 Å². The van der Waals surface area contributed by atoms with Crippen LogP contribution in [0.2, 0.25) is 0 Å². The van der Waals surface area contributed by atoms with Crippen LogP contribution in [0.15, 0.2) is 21.1 Å². The van der Waals surface area contributed by atoms with E-state index in [1.807, 2.05) is 0 Å². The number of alkyl halides is 1. The van der Waals surface area contributed by atoms with E-state index >= 15 is 0 Å². The quantitative estimate of drug-likeness (QED) is 0.598. The zero-order valence-corrected chi connectivity index (χ0v) is 9.33. The van der Waals surface area contributed by atoms with Crippen molar-refractivity contribution in [3.8, 4) is 0 Å². The Kier molecular flexibility index (Phi) is 2.99. The maximum atomic E-state index is 3.49. The van der Waals surface area contributed by atoms with Gasteiger partial charge in [-0.15, -0.1) is 0 Å². The maximum Gasteiger partial charge on any atom is 0.0384 e. The molecule has 1 rings (SSSR count). The van der Waals surface area contributed by atoms with Gasteiger partial charge in [-0.25, -0.2) is 0 Å². The summed E-state index contributed by atoms with van der Waals surface area (Å²) in [6.45, 7) is 0.